The number of rotatable bonds is 11. The van der Waals surface area contributed by atoms with Crippen LogP contribution in [0, 0.1) is 0 Å². The van der Waals surface area contributed by atoms with Crippen molar-refractivity contribution in [3.8, 4) is 0 Å². The van der Waals surface area contributed by atoms with Crippen molar-refractivity contribution >= 4 is 7.28 Å². The van der Waals surface area contributed by atoms with E-state index < -0.39 is 0 Å². The van der Waals surface area contributed by atoms with Gasteiger partial charge < -0.3 is 0 Å². The Labute approximate surface area is 92.1 Å². The molecule has 0 unspecified atom stereocenters. The van der Waals surface area contributed by atoms with Crippen LogP contribution in [0.15, 0.2) is 0 Å². The summed E-state index contributed by atoms with van der Waals surface area (Å²) in [5, 5.41) is 0. The molecule has 0 aromatic heterocycles. The quantitative estimate of drug-likeness (QED) is 0.328. The Hall–Kier alpha value is 0.0649. The first-order valence-electron chi connectivity index (χ1n) is 6.91. The predicted octanol–water partition coefficient (Wildman–Crippen LogP) is 4.81. The lowest BCUT2D eigenvalue weighted by molar-refractivity contribution is 0.653. The second-order valence-corrected chi connectivity index (χ2v) is 4.54. The van der Waals surface area contributed by atoms with Crippen LogP contribution in [0.2, 0.25) is 12.6 Å². The maximum absolute atomic E-state index is 2.29. The first kappa shape index (κ1) is 14.1. The zero-order valence-electron chi connectivity index (χ0n) is 10.5. The van der Waals surface area contributed by atoms with Crippen LogP contribution in [-0.2, 0) is 0 Å². The molecule has 0 aliphatic heterocycles. The lowest BCUT2D eigenvalue weighted by Crippen LogP contribution is -1.89. The second-order valence-electron chi connectivity index (χ2n) is 4.54. The van der Waals surface area contributed by atoms with Gasteiger partial charge in [-0.2, -0.15) is 0 Å². The van der Waals surface area contributed by atoms with E-state index in [1.165, 1.54) is 77.7 Å². The minimum atomic E-state index is 1.37. The van der Waals surface area contributed by atoms with E-state index in [1.807, 2.05) is 0 Å². The molecule has 14 heavy (non-hydrogen) atoms. The molecule has 0 radical (unpaired) electrons. The molecule has 0 amide bonds. The highest BCUT2D eigenvalue weighted by Gasteiger charge is 1.93. The fraction of sp³-hybridized carbons (Fsp3) is 1.00. The molecule has 0 heterocycles. The summed E-state index contributed by atoms with van der Waals surface area (Å²) in [5.74, 6) is 0. The lowest BCUT2D eigenvalue weighted by atomic mass is 9.68. The highest BCUT2D eigenvalue weighted by atomic mass is 13.9. The van der Waals surface area contributed by atoms with Crippen LogP contribution in [0.5, 0.6) is 0 Å². The van der Waals surface area contributed by atoms with E-state index >= 15 is 0 Å². The Morgan fingerprint density at radius 1 is 0.571 bits per heavy atom. The molecular weight excluding hydrogens is 167 g/mol. The van der Waals surface area contributed by atoms with Gasteiger partial charge in [0, 0.05) is 0 Å². The number of hydrogen-bond donors (Lipinski definition) is 0. The molecule has 1 heteroatoms. The number of hydrogen-bond acceptors (Lipinski definition) is 0. The van der Waals surface area contributed by atoms with Crippen molar-refractivity contribution in [1.82, 2.24) is 0 Å². The molecule has 0 N–H and O–H groups in total. The molecule has 0 aromatic rings. The van der Waals surface area contributed by atoms with Crippen LogP contribution in [0.4, 0.5) is 0 Å². The maximum Gasteiger partial charge on any atom is 0.120 e. The molecule has 0 aliphatic carbocycles. The van der Waals surface area contributed by atoms with Crippen molar-refractivity contribution in [3.05, 3.63) is 0 Å². The van der Waals surface area contributed by atoms with Crippen molar-refractivity contribution in [1.29, 1.82) is 0 Å². The van der Waals surface area contributed by atoms with E-state index in [2.05, 4.69) is 13.8 Å². The van der Waals surface area contributed by atoms with Gasteiger partial charge in [-0.15, -0.1) is 0 Å². The summed E-state index contributed by atoms with van der Waals surface area (Å²) >= 11 is 0. The van der Waals surface area contributed by atoms with Gasteiger partial charge in [0.25, 0.3) is 0 Å². The van der Waals surface area contributed by atoms with Gasteiger partial charge in [-0.1, -0.05) is 84.3 Å². The summed E-state index contributed by atoms with van der Waals surface area (Å²) in [6, 6.07) is 0. The van der Waals surface area contributed by atoms with E-state index in [0.717, 1.165) is 0 Å². The number of unbranched alkanes of at least 4 members (excludes halogenated alkanes) is 7. The SMILES string of the molecule is CCCCCCBCCCCCCC. The smallest absolute Gasteiger partial charge is 0.0774 e. The molecule has 0 fully saturated rings. The molecule has 84 valence electrons. The monoisotopic (exact) mass is 196 g/mol. The summed E-state index contributed by atoms with van der Waals surface area (Å²) in [7, 11) is 1.48. The molecular formula is C13H29B. The van der Waals surface area contributed by atoms with Crippen molar-refractivity contribution in [2.24, 2.45) is 0 Å². The van der Waals surface area contributed by atoms with Crippen LogP contribution < -0.4 is 0 Å². The Balaban J connectivity index is 2.78. The van der Waals surface area contributed by atoms with Gasteiger partial charge in [-0.05, 0) is 0 Å². The average molecular weight is 196 g/mol. The van der Waals surface area contributed by atoms with E-state index in [-0.39, 0.29) is 0 Å². The van der Waals surface area contributed by atoms with Gasteiger partial charge in [0.1, 0.15) is 7.28 Å². The molecule has 0 atom stereocenters. The largest absolute Gasteiger partial charge is 0.120 e. The van der Waals surface area contributed by atoms with Gasteiger partial charge in [0.05, 0.1) is 0 Å². The third-order valence-electron chi connectivity index (χ3n) is 2.96. The predicted molar refractivity (Wildman–Crippen MR) is 69.7 cm³/mol. The van der Waals surface area contributed by atoms with Crippen molar-refractivity contribution in [3.63, 3.8) is 0 Å². The highest BCUT2D eigenvalue weighted by molar-refractivity contribution is 6.35. The first-order chi connectivity index (χ1) is 6.91. The third kappa shape index (κ3) is 12.1. The van der Waals surface area contributed by atoms with Gasteiger partial charge in [-0.25, -0.2) is 0 Å². The normalized spacial score (nSPS) is 10.4. The van der Waals surface area contributed by atoms with Crippen LogP contribution in [-0.4, -0.2) is 7.28 Å². The highest BCUT2D eigenvalue weighted by Crippen LogP contribution is 2.08. The standard InChI is InChI=1S/C13H29B/c1-3-5-7-9-11-13-14-12-10-8-6-4-2/h14H,3-13H2,1-2H3. The van der Waals surface area contributed by atoms with Crippen LogP contribution >= 0.6 is 0 Å². The zero-order chi connectivity index (χ0) is 10.5. The van der Waals surface area contributed by atoms with Crippen molar-refractivity contribution < 1.29 is 0 Å². The molecule has 0 aliphatic rings. The molecule has 0 rings (SSSR count). The molecule has 0 spiro atoms. The minimum absolute atomic E-state index is 1.37. The summed E-state index contributed by atoms with van der Waals surface area (Å²) in [6.45, 7) is 4.57. The maximum atomic E-state index is 2.29. The third-order valence-corrected chi connectivity index (χ3v) is 2.96. The van der Waals surface area contributed by atoms with Crippen LogP contribution in [0.25, 0.3) is 0 Å². The fourth-order valence-electron chi connectivity index (χ4n) is 1.91. The van der Waals surface area contributed by atoms with Crippen molar-refractivity contribution in [2.75, 3.05) is 0 Å². The molecule has 0 saturated heterocycles. The van der Waals surface area contributed by atoms with E-state index in [1.54, 1.807) is 0 Å². The molecule has 0 bridgehead atoms. The summed E-state index contributed by atoms with van der Waals surface area (Å²) < 4.78 is 0. The lowest BCUT2D eigenvalue weighted by Gasteiger charge is -2.00. The summed E-state index contributed by atoms with van der Waals surface area (Å²) in [6.07, 6.45) is 15.9. The first-order valence-corrected chi connectivity index (χ1v) is 6.91. The van der Waals surface area contributed by atoms with E-state index in [9.17, 15) is 0 Å². The van der Waals surface area contributed by atoms with Gasteiger partial charge in [0.15, 0.2) is 0 Å². The van der Waals surface area contributed by atoms with Gasteiger partial charge >= 0.3 is 0 Å². The Bertz CT molecular complexity index is 79.2. The molecule has 0 nitrogen and oxygen atoms in total. The van der Waals surface area contributed by atoms with Crippen LogP contribution in [0.3, 0.4) is 0 Å². The Morgan fingerprint density at radius 2 is 1.00 bits per heavy atom. The van der Waals surface area contributed by atoms with Gasteiger partial charge in [-0.3, -0.25) is 0 Å². The minimum Gasteiger partial charge on any atom is -0.0774 e. The van der Waals surface area contributed by atoms with E-state index in [0.29, 0.717) is 0 Å². The Morgan fingerprint density at radius 3 is 1.50 bits per heavy atom. The summed E-state index contributed by atoms with van der Waals surface area (Å²) in [5.41, 5.74) is 0. The average Bonchev–Trinajstić information content (AvgIpc) is 2.21. The Kier molecular flexibility index (Phi) is 13.1. The summed E-state index contributed by atoms with van der Waals surface area (Å²) in [4.78, 5) is 0. The molecule has 0 aromatic carbocycles. The van der Waals surface area contributed by atoms with Crippen molar-refractivity contribution in [2.45, 2.75) is 84.3 Å². The fourth-order valence-corrected chi connectivity index (χ4v) is 1.91. The topological polar surface area (TPSA) is 0 Å². The van der Waals surface area contributed by atoms with Gasteiger partial charge in [0.2, 0.25) is 0 Å². The molecule has 0 saturated carbocycles. The second kappa shape index (κ2) is 13.1. The van der Waals surface area contributed by atoms with Crippen LogP contribution in [0.1, 0.15) is 71.6 Å². The van der Waals surface area contributed by atoms with E-state index in [4.69, 9.17) is 0 Å². The zero-order valence-corrected chi connectivity index (χ0v) is 10.5.